The topological polar surface area (TPSA) is 63.3 Å². The second kappa shape index (κ2) is 5.47. The Balaban J connectivity index is 2.28. The van der Waals surface area contributed by atoms with E-state index < -0.39 is 12.0 Å². The molecule has 2 aromatic rings. The molecule has 0 unspecified atom stereocenters. The molecular formula is C15H15NO2. The van der Waals surface area contributed by atoms with Gasteiger partial charge in [-0.3, -0.25) is 4.79 Å². The summed E-state index contributed by atoms with van der Waals surface area (Å²) in [6.07, 6.45) is -0.0573. The number of aliphatic carboxylic acids is 1. The molecule has 0 aliphatic rings. The van der Waals surface area contributed by atoms with Crippen LogP contribution in [-0.2, 0) is 4.79 Å². The number of benzene rings is 2. The lowest BCUT2D eigenvalue weighted by molar-refractivity contribution is -0.137. The van der Waals surface area contributed by atoms with Crippen LogP contribution in [0.2, 0.25) is 0 Å². The Bertz CT molecular complexity index is 537. The highest BCUT2D eigenvalue weighted by atomic mass is 16.4. The Morgan fingerprint density at radius 2 is 1.72 bits per heavy atom. The van der Waals surface area contributed by atoms with E-state index in [4.69, 9.17) is 10.8 Å². The maximum absolute atomic E-state index is 10.7. The molecule has 3 nitrogen and oxygen atoms in total. The van der Waals surface area contributed by atoms with Crippen molar-refractivity contribution in [1.29, 1.82) is 0 Å². The normalized spacial score (nSPS) is 12.1. The second-order valence-corrected chi connectivity index (χ2v) is 4.20. The summed E-state index contributed by atoms with van der Waals surface area (Å²) in [6.45, 7) is 0. The Hall–Kier alpha value is -2.13. The van der Waals surface area contributed by atoms with Crippen molar-refractivity contribution in [3.8, 4) is 11.1 Å². The molecule has 1 atom stereocenters. The molecule has 0 fully saturated rings. The van der Waals surface area contributed by atoms with E-state index in [1.54, 1.807) is 0 Å². The number of nitrogens with two attached hydrogens (primary N) is 1. The van der Waals surface area contributed by atoms with Crippen molar-refractivity contribution >= 4 is 5.97 Å². The van der Waals surface area contributed by atoms with Crippen LogP contribution < -0.4 is 5.73 Å². The zero-order valence-electron chi connectivity index (χ0n) is 9.91. The fourth-order valence-corrected chi connectivity index (χ4v) is 1.89. The van der Waals surface area contributed by atoms with Gasteiger partial charge in [0.05, 0.1) is 6.42 Å². The average molecular weight is 241 g/mol. The smallest absolute Gasteiger partial charge is 0.305 e. The van der Waals surface area contributed by atoms with E-state index in [1.807, 2.05) is 54.6 Å². The van der Waals surface area contributed by atoms with Crippen molar-refractivity contribution in [3.05, 3.63) is 60.2 Å². The summed E-state index contributed by atoms with van der Waals surface area (Å²) in [5.74, 6) is -0.882. The van der Waals surface area contributed by atoms with Gasteiger partial charge in [0.15, 0.2) is 0 Å². The Morgan fingerprint density at radius 3 is 2.39 bits per heavy atom. The van der Waals surface area contributed by atoms with E-state index in [1.165, 1.54) is 0 Å². The Kier molecular flexibility index (Phi) is 3.75. The van der Waals surface area contributed by atoms with Gasteiger partial charge < -0.3 is 10.8 Å². The number of carbonyl (C=O) groups is 1. The lowest BCUT2D eigenvalue weighted by atomic mass is 9.98. The van der Waals surface area contributed by atoms with Crippen molar-refractivity contribution in [2.24, 2.45) is 5.73 Å². The maximum atomic E-state index is 10.7. The van der Waals surface area contributed by atoms with E-state index in [9.17, 15) is 4.79 Å². The number of carboxylic acids is 1. The van der Waals surface area contributed by atoms with Gasteiger partial charge in [-0.1, -0.05) is 48.5 Å². The van der Waals surface area contributed by atoms with Gasteiger partial charge in [-0.15, -0.1) is 0 Å². The summed E-state index contributed by atoms with van der Waals surface area (Å²) in [7, 11) is 0. The third-order valence-corrected chi connectivity index (χ3v) is 2.82. The fourth-order valence-electron chi connectivity index (χ4n) is 1.89. The van der Waals surface area contributed by atoms with Gasteiger partial charge in [0.25, 0.3) is 0 Å². The zero-order valence-corrected chi connectivity index (χ0v) is 9.91. The molecule has 2 rings (SSSR count). The largest absolute Gasteiger partial charge is 0.481 e. The molecule has 2 aromatic carbocycles. The van der Waals surface area contributed by atoms with Gasteiger partial charge in [-0.25, -0.2) is 0 Å². The van der Waals surface area contributed by atoms with E-state index in [0.29, 0.717) is 0 Å². The highest BCUT2D eigenvalue weighted by Crippen LogP contribution is 2.23. The number of hydrogen-bond donors (Lipinski definition) is 2. The lowest BCUT2D eigenvalue weighted by Crippen LogP contribution is -2.14. The first kappa shape index (κ1) is 12.3. The van der Waals surface area contributed by atoms with Gasteiger partial charge >= 0.3 is 5.97 Å². The molecule has 0 spiro atoms. The van der Waals surface area contributed by atoms with Crippen molar-refractivity contribution in [3.63, 3.8) is 0 Å². The molecule has 0 aliphatic carbocycles. The van der Waals surface area contributed by atoms with Crippen LogP contribution in [0.5, 0.6) is 0 Å². The van der Waals surface area contributed by atoms with Gasteiger partial charge in [0.2, 0.25) is 0 Å². The number of rotatable bonds is 4. The summed E-state index contributed by atoms with van der Waals surface area (Å²) >= 11 is 0. The molecular weight excluding hydrogens is 226 g/mol. The lowest BCUT2D eigenvalue weighted by Gasteiger charge is -2.11. The molecule has 0 heterocycles. The highest BCUT2D eigenvalue weighted by molar-refractivity contribution is 5.68. The predicted molar refractivity (Wildman–Crippen MR) is 71.1 cm³/mol. The van der Waals surface area contributed by atoms with Gasteiger partial charge in [0, 0.05) is 6.04 Å². The van der Waals surface area contributed by atoms with Gasteiger partial charge in [-0.05, 0) is 22.8 Å². The van der Waals surface area contributed by atoms with Crippen LogP contribution in [0.25, 0.3) is 11.1 Å². The van der Waals surface area contributed by atoms with Crippen molar-refractivity contribution in [2.75, 3.05) is 0 Å². The van der Waals surface area contributed by atoms with Crippen LogP contribution in [0, 0.1) is 0 Å². The van der Waals surface area contributed by atoms with Crippen molar-refractivity contribution in [2.45, 2.75) is 12.5 Å². The first-order valence-electron chi connectivity index (χ1n) is 5.79. The third kappa shape index (κ3) is 2.96. The fraction of sp³-hybridized carbons (Fsp3) is 0.133. The van der Waals surface area contributed by atoms with Crippen LogP contribution in [0.15, 0.2) is 54.6 Å². The van der Waals surface area contributed by atoms with Crippen LogP contribution in [0.1, 0.15) is 18.0 Å². The number of carboxylic acid groups (broad SMARTS) is 1. The summed E-state index contributed by atoms with van der Waals surface area (Å²) in [5, 5.41) is 8.75. The monoisotopic (exact) mass is 241 g/mol. The van der Waals surface area contributed by atoms with Gasteiger partial charge in [0.1, 0.15) is 0 Å². The minimum atomic E-state index is -0.882. The molecule has 0 saturated carbocycles. The molecule has 3 N–H and O–H groups in total. The molecule has 92 valence electrons. The standard InChI is InChI=1S/C15H15NO2/c16-14(10-15(17)18)13-8-4-7-12(9-13)11-5-2-1-3-6-11/h1-9,14H,10,16H2,(H,17,18)/t14-/m1/s1. The predicted octanol–water partition coefficient (Wildman–Crippen LogP) is 2.83. The Labute approximate surface area is 106 Å². The SMILES string of the molecule is N[C@H](CC(=O)O)c1cccc(-c2ccccc2)c1. The molecule has 0 aromatic heterocycles. The van der Waals surface area contributed by atoms with Gasteiger partial charge in [-0.2, -0.15) is 0 Å². The third-order valence-electron chi connectivity index (χ3n) is 2.82. The molecule has 3 heteroatoms. The second-order valence-electron chi connectivity index (χ2n) is 4.20. The molecule has 0 amide bonds. The molecule has 18 heavy (non-hydrogen) atoms. The summed E-state index contributed by atoms with van der Waals surface area (Å²) in [5.41, 5.74) is 8.86. The summed E-state index contributed by atoms with van der Waals surface area (Å²) < 4.78 is 0. The maximum Gasteiger partial charge on any atom is 0.305 e. The summed E-state index contributed by atoms with van der Waals surface area (Å²) in [4.78, 5) is 10.7. The average Bonchev–Trinajstić information content (AvgIpc) is 2.39. The minimum absolute atomic E-state index is 0.0573. The molecule has 0 radical (unpaired) electrons. The molecule has 0 saturated heterocycles. The van der Waals surface area contributed by atoms with E-state index >= 15 is 0 Å². The summed E-state index contributed by atoms with van der Waals surface area (Å²) in [6, 6.07) is 17.2. The molecule has 0 bridgehead atoms. The van der Waals surface area contributed by atoms with Crippen molar-refractivity contribution < 1.29 is 9.90 Å². The van der Waals surface area contributed by atoms with E-state index in [2.05, 4.69) is 0 Å². The van der Waals surface area contributed by atoms with Crippen LogP contribution >= 0.6 is 0 Å². The van der Waals surface area contributed by atoms with E-state index in [-0.39, 0.29) is 6.42 Å². The highest BCUT2D eigenvalue weighted by Gasteiger charge is 2.11. The first-order chi connectivity index (χ1) is 8.66. The zero-order chi connectivity index (χ0) is 13.0. The van der Waals surface area contributed by atoms with Crippen LogP contribution in [0.4, 0.5) is 0 Å². The van der Waals surface area contributed by atoms with Crippen molar-refractivity contribution in [1.82, 2.24) is 0 Å². The van der Waals surface area contributed by atoms with Crippen LogP contribution in [-0.4, -0.2) is 11.1 Å². The number of hydrogen-bond acceptors (Lipinski definition) is 2. The minimum Gasteiger partial charge on any atom is -0.481 e. The quantitative estimate of drug-likeness (QED) is 0.865. The van der Waals surface area contributed by atoms with E-state index in [0.717, 1.165) is 16.7 Å². The Morgan fingerprint density at radius 1 is 1.06 bits per heavy atom. The molecule has 0 aliphatic heterocycles. The van der Waals surface area contributed by atoms with Crippen LogP contribution in [0.3, 0.4) is 0 Å². The first-order valence-corrected chi connectivity index (χ1v) is 5.79.